The van der Waals surface area contributed by atoms with Crippen LogP contribution in [0.3, 0.4) is 0 Å². The van der Waals surface area contributed by atoms with Crippen LogP contribution in [0.2, 0.25) is 0 Å². The minimum atomic E-state index is 0.423. The first-order valence-electron chi connectivity index (χ1n) is 6.95. The Hall–Kier alpha value is -1.70. The smallest absolute Gasteiger partial charge is 0.0435 e. The van der Waals surface area contributed by atoms with Gasteiger partial charge in [0.1, 0.15) is 0 Å². The molecule has 0 N–H and O–H groups in total. The van der Waals surface area contributed by atoms with Crippen molar-refractivity contribution in [1.29, 1.82) is 0 Å². The molecule has 0 amide bonds. The number of aromatic nitrogens is 2. The molecule has 100 valence electrons. The van der Waals surface area contributed by atoms with Crippen molar-refractivity contribution in [1.82, 2.24) is 9.97 Å². The fourth-order valence-corrected chi connectivity index (χ4v) is 2.25. The van der Waals surface area contributed by atoms with Gasteiger partial charge in [-0.15, -0.1) is 0 Å². The quantitative estimate of drug-likeness (QED) is 0.815. The summed E-state index contributed by atoms with van der Waals surface area (Å²) in [5.74, 6) is 0.910. The Balaban J connectivity index is 2.15. The summed E-state index contributed by atoms with van der Waals surface area (Å²) in [5.41, 5.74) is 4.79. The highest BCUT2D eigenvalue weighted by atomic mass is 14.7. The van der Waals surface area contributed by atoms with Crippen LogP contribution in [0.5, 0.6) is 0 Å². The van der Waals surface area contributed by atoms with Gasteiger partial charge in [-0.3, -0.25) is 9.97 Å². The van der Waals surface area contributed by atoms with Crippen LogP contribution in [0.4, 0.5) is 0 Å². The monoisotopic (exact) mass is 254 g/mol. The van der Waals surface area contributed by atoms with Gasteiger partial charge in [-0.05, 0) is 43.0 Å². The van der Waals surface area contributed by atoms with E-state index in [4.69, 9.17) is 4.98 Å². The van der Waals surface area contributed by atoms with E-state index in [9.17, 15) is 0 Å². The molecule has 2 aromatic rings. The molecule has 0 bridgehead atoms. The predicted molar refractivity (Wildman–Crippen MR) is 79.4 cm³/mol. The van der Waals surface area contributed by atoms with Gasteiger partial charge in [0, 0.05) is 29.2 Å². The van der Waals surface area contributed by atoms with Gasteiger partial charge < -0.3 is 0 Å². The molecule has 2 heteroatoms. The van der Waals surface area contributed by atoms with E-state index in [0.29, 0.717) is 11.8 Å². The van der Waals surface area contributed by atoms with E-state index in [1.165, 1.54) is 11.3 Å². The standard InChI is InChI=1S/C17H22N2/c1-12(2)16-9-8-15(14(4)19-16)11-13(3)17-7-5-6-10-18-17/h5-10,12-13H,11H2,1-4H3. The van der Waals surface area contributed by atoms with Crippen LogP contribution in [0.1, 0.15) is 55.3 Å². The van der Waals surface area contributed by atoms with Crippen LogP contribution in [-0.2, 0) is 6.42 Å². The summed E-state index contributed by atoms with van der Waals surface area (Å²) in [6, 6.07) is 10.5. The highest BCUT2D eigenvalue weighted by Crippen LogP contribution is 2.21. The van der Waals surface area contributed by atoms with Crippen LogP contribution < -0.4 is 0 Å². The van der Waals surface area contributed by atoms with Gasteiger partial charge >= 0.3 is 0 Å². The van der Waals surface area contributed by atoms with Crippen molar-refractivity contribution in [3.8, 4) is 0 Å². The second-order valence-corrected chi connectivity index (χ2v) is 5.50. The van der Waals surface area contributed by atoms with Crippen LogP contribution in [0.25, 0.3) is 0 Å². The van der Waals surface area contributed by atoms with Gasteiger partial charge in [0.25, 0.3) is 0 Å². The molecular weight excluding hydrogens is 232 g/mol. The summed E-state index contributed by atoms with van der Waals surface area (Å²) in [6.45, 7) is 8.68. The molecule has 1 atom stereocenters. The van der Waals surface area contributed by atoms with E-state index >= 15 is 0 Å². The predicted octanol–water partition coefficient (Wildman–Crippen LogP) is 4.25. The molecule has 0 radical (unpaired) electrons. The molecule has 0 aliphatic heterocycles. The Morgan fingerprint density at radius 1 is 1.00 bits per heavy atom. The molecule has 0 saturated heterocycles. The van der Waals surface area contributed by atoms with Crippen molar-refractivity contribution < 1.29 is 0 Å². The molecular formula is C17H22N2. The Bertz CT molecular complexity index is 532. The Kier molecular flexibility index (Phi) is 4.31. The fourth-order valence-electron chi connectivity index (χ4n) is 2.25. The molecule has 0 saturated carbocycles. The number of pyridine rings is 2. The average molecular weight is 254 g/mol. The lowest BCUT2D eigenvalue weighted by Crippen LogP contribution is -2.04. The second-order valence-electron chi connectivity index (χ2n) is 5.50. The number of nitrogens with zero attached hydrogens (tertiary/aromatic N) is 2. The molecule has 0 aromatic carbocycles. The summed E-state index contributed by atoms with van der Waals surface area (Å²) in [5, 5.41) is 0. The Labute approximate surface area is 115 Å². The maximum Gasteiger partial charge on any atom is 0.0435 e. The van der Waals surface area contributed by atoms with Crippen LogP contribution in [0, 0.1) is 6.92 Å². The summed E-state index contributed by atoms with van der Waals surface area (Å²) in [6.07, 6.45) is 2.85. The van der Waals surface area contributed by atoms with Crippen molar-refractivity contribution in [2.24, 2.45) is 0 Å². The normalized spacial score (nSPS) is 12.7. The van der Waals surface area contributed by atoms with Crippen LogP contribution in [0.15, 0.2) is 36.5 Å². The fraction of sp³-hybridized carbons (Fsp3) is 0.412. The van der Waals surface area contributed by atoms with Crippen LogP contribution in [-0.4, -0.2) is 9.97 Å². The van der Waals surface area contributed by atoms with Gasteiger partial charge in [0.15, 0.2) is 0 Å². The lowest BCUT2D eigenvalue weighted by Gasteiger charge is -2.14. The highest BCUT2D eigenvalue weighted by molar-refractivity contribution is 5.25. The minimum Gasteiger partial charge on any atom is -0.261 e. The molecule has 19 heavy (non-hydrogen) atoms. The molecule has 2 heterocycles. The number of hydrogen-bond donors (Lipinski definition) is 0. The first kappa shape index (κ1) is 13.7. The van der Waals surface area contributed by atoms with E-state index in [-0.39, 0.29) is 0 Å². The molecule has 0 spiro atoms. The Morgan fingerprint density at radius 2 is 1.79 bits per heavy atom. The van der Waals surface area contributed by atoms with Crippen molar-refractivity contribution in [3.63, 3.8) is 0 Å². The van der Waals surface area contributed by atoms with Gasteiger partial charge in [-0.25, -0.2) is 0 Å². The van der Waals surface area contributed by atoms with E-state index in [2.05, 4.69) is 50.9 Å². The van der Waals surface area contributed by atoms with Gasteiger partial charge in [-0.2, -0.15) is 0 Å². The van der Waals surface area contributed by atoms with E-state index in [1.807, 2.05) is 18.3 Å². The molecule has 0 aliphatic carbocycles. The summed E-state index contributed by atoms with van der Waals surface area (Å²) in [7, 11) is 0. The third-order valence-corrected chi connectivity index (χ3v) is 3.53. The molecule has 2 aromatic heterocycles. The largest absolute Gasteiger partial charge is 0.261 e. The van der Waals surface area contributed by atoms with Crippen molar-refractivity contribution >= 4 is 0 Å². The third-order valence-electron chi connectivity index (χ3n) is 3.53. The molecule has 2 rings (SSSR count). The zero-order valence-corrected chi connectivity index (χ0v) is 12.2. The summed E-state index contributed by atoms with van der Waals surface area (Å²) < 4.78 is 0. The van der Waals surface area contributed by atoms with Crippen LogP contribution >= 0.6 is 0 Å². The maximum atomic E-state index is 4.70. The molecule has 0 fully saturated rings. The first-order valence-corrected chi connectivity index (χ1v) is 6.95. The Morgan fingerprint density at radius 3 is 2.37 bits per heavy atom. The highest BCUT2D eigenvalue weighted by Gasteiger charge is 2.11. The third kappa shape index (κ3) is 3.40. The average Bonchev–Trinajstić information content (AvgIpc) is 2.41. The first-order chi connectivity index (χ1) is 9.08. The zero-order valence-electron chi connectivity index (χ0n) is 12.2. The SMILES string of the molecule is Cc1nc(C(C)C)ccc1CC(C)c1ccccn1. The van der Waals surface area contributed by atoms with E-state index in [0.717, 1.165) is 17.8 Å². The second kappa shape index (κ2) is 5.96. The van der Waals surface area contributed by atoms with Gasteiger partial charge in [-0.1, -0.05) is 32.9 Å². The topological polar surface area (TPSA) is 25.8 Å². The van der Waals surface area contributed by atoms with Crippen molar-refractivity contribution in [2.45, 2.75) is 46.0 Å². The maximum absolute atomic E-state index is 4.70. The van der Waals surface area contributed by atoms with Crippen molar-refractivity contribution in [2.75, 3.05) is 0 Å². The number of rotatable bonds is 4. The lowest BCUT2D eigenvalue weighted by molar-refractivity contribution is 0.719. The molecule has 0 aliphatic rings. The van der Waals surface area contributed by atoms with Crippen molar-refractivity contribution in [3.05, 3.63) is 59.2 Å². The number of hydrogen-bond acceptors (Lipinski definition) is 2. The van der Waals surface area contributed by atoms with Gasteiger partial charge in [0.2, 0.25) is 0 Å². The zero-order chi connectivity index (χ0) is 13.8. The summed E-state index contributed by atoms with van der Waals surface area (Å²) >= 11 is 0. The molecule has 2 nitrogen and oxygen atoms in total. The molecule has 1 unspecified atom stereocenters. The van der Waals surface area contributed by atoms with E-state index in [1.54, 1.807) is 0 Å². The van der Waals surface area contributed by atoms with E-state index < -0.39 is 0 Å². The summed E-state index contributed by atoms with van der Waals surface area (Å²) in [4.78, 5) is 9.13. The number of aryl methyl sites for hydroxylation is 1. The minimum absolute atomic E-state index is 0.423. The lowest BCUT2D eigenvalue weighted by atomic mass is 9.96. The van der Waals surface area contributed by atoms with Gasteiger partial charge in [0.05, 0.1) is 0 Å².